The smallest absolute Gasteiger partial charge is 0.338 e. The molecule has 0 saturated heterocycles. The van der Waals surface area contributed by atoms with Gasteiger partial charge in [0.05, 0.1) is 19.3 Å². The van der Waals surface area contributed by atoms with E-state index in [0.717, 1.165) is 6.07 Å². The molecular weight excluding hydrogens is 189 g/mol. The summed E-state index contributed by atoms with van der Waals surface area (Å²) in [7, 11) is 1.34. The summed E-state index contributed by atoms with van der Waals surface area (Å²) < 4.78 is 22.2. The van der Waals surface area contributed by atoms with Crippen molar-refractivity contribution in [1.82, 2.24) is 4.98 Å². The highest BCUT2D eigenvalue weighted by Crippen LogP contribution is 2.12. The van der Waals surface area contributed by atoms with Crippen molar-refractivity contribution < 1.29 is 18.7 Å². The second-order valence-corrected chi connectivity index (χ2v) is 2.44. The van der Waals surface area contributed by atoms with Gasteiger partial charge in [-0.05, 0) is 6.92 Å². The second-order valence-electron chi connectivity index (χ2n) is 2.44. The van der Waals surface area contributed by atoms with Gasteiger partial charge in [0, 0.05) is 12.1 Å². The lowest BCUT2D eigenvalue weighted by Gasteiger charge is -2.03. The number of halogens is 1. The van der Waals surface area contributed by atoms with Crippen LogP contribution in [0.3, 0.4) is 0 Å². The summed E-state index contributed by atoms with van der Waals surface area (Å²) in [5.41, 5.74) is 0.0937. The molecule has 0 aromatic carbocycles. The predicted molar refractivity (Wildman–Crippen MR) is 46.7 cm³/mol. The molecule has 1 aromatic heterocycles. The monoisotopic (exact) mass is 199 g/mol. The van der Waals surface area contributed by atoms with Crippen molar-refractivity contribution in [2.24, 2.45) is 0 Å². The number of carbonyl (C=O) groups is 1. The third-order valence-electron chi connectivity index (χ3n) is 1.49. The first-order valence-corrected chi connectivity index (χ1v) is 4.06. The standard InChI is InChI=1S/C9H10FNO3/c1-3-14-9(12)6-4-7(10)11-8(5-6)13-2/h4-5H,3H2,1-2H3. The summed E-state index contributed by atoms with van der Waals surface area (Å²) in [6.45, 7) is 1.91. The van der Waals surface area contributed by atoms with Crippen LogP contribution in [0.5, 0.6) is 5.88 Å². The lowest BCUT2D eigenvalue weighted by molar-refractivity contribution is 0.0525. The molecule has 0 bridgehead atoms. The van der Waals surface area contributed by atoms with E-state index in [9.17, 15) is 9.18 Å². The third kappa shape index (κ3) is 2.42. The first-order valence-electron chi connectivity index (χ1n) is 4.06. The Labute approximate surface area is 80.7 Å². The number of aromatic nitrogens is 1. The van der Waals surface area contributed by atoms with E-state index < -0.39 is 11.9 Å². The highest BCUT2D eigenvalue weighted by Gasteiger charge is 2.10. The molecule has 14 heavy (non-hydrogen) atoms. The number of nitrogens with zero attached hydrogens (tertiary/aromatic N) is 1. The van der Waals surface area contributed by atoms with Gasteiger partial charge in [-0.25, -0.2) is 4.79 Å². The van der Waals surface area contributed by atoms with Crippen LogP contribution in [-0.2, 0) is 4.74 Å². The summed E-state index contributed by atoms with van der Waals surface area (Å²) in [5.74, 6) is -1.31. The predicted octanol–water partition coefficient (Wildman–Crippen LogP) is 1.41. The zero-order valence-corrected chi connectivity index (χ0v) is 7.91. The Hall–Kier alpha value is -1.65. The zero-order valence-electron chi connectivity index (χ0n) is 7.91. The van der Waals surface area contributed by atoms with Crippen LogP contribution in [0.4, 0.5) is 4.39 Å². The molecule has 76 valence electrons. The van der Waals surface area contributed by atoms with E-state index in [1.165, 1.54) is 13.2 Å². The number of esters is 1. The van der Waals surface area contributed by atoms with Crippen molar-refractivity contribution in [2.45, 2.75) is 6.92 Å². The molecule has 1 aromatic rings. The summed E-state index contributed by atoms with van der Waals surface area (Å²) in [6.07, 6.45) is 0. The summed E-state index contributed by atoms with van der Waals surface area (Å²) in [5, 5.41) is 0. The summed E-state index contributed by atoms with van der Waals surface area (Å²) >= 11 is 0. The molecule has 1 rings (SSSR count). The van der Waals surface area contributed by atoms with Crippen LogP contribution in [0.2, 0.25) is 0 Å². The van der Waals surface area contributed by atoms with E-state index >= 15 is 0 Å². The Morgan fingerprint density at radius 3 is 2.86 bits per heavy atom. The van der Waals surface area contributed by atoms with Gasteiger partial charge in [0.15, 0.2) is 0 Å². The Kier molecular flexibility index (Phi) is 3.39. The van der Waals surface area contributed by atoms with Crippen LogP contribution in [0.25, 0.3) is 0 Å². The van der Waals surface area contributed by atoms with Crippen LogP contribution < -0.4 is 4.74 Å². The average Bonchev–Trinajstić information content (AvgIpc) is 2.17. The van der Waals surface area contributed by atoms with Gasteiger partial charge >= 0.3 is 5.97 Å². The first kappa shape index (κ1) is 10.4. The van der Waals surface area contributed by atoms with Crippen molar-refractivity contribution in [3.05, 3.63) is 23.6 Å². The molecular formula is C9H10FNO3. The van der Waals surface area contributed by atoms with Crippen molar-refractivity contribution in [3.63, 3.8) is 0 Å². The van der Waals surface area contributed by atoms with Gasteiger partial charge in [0.2, 0.25) is 11.8 Å². The Morgan fingerprint density at radius 2 is 2.29 bits per heavy atom. The Bertz CT molecular complexity index is 341. The molecule has 0 N–H and O–H groups in total. The number of ether oxygens (including phenoxy) is 2. The fraction of sp³-hybridized carbons (Fsp3) is 0.333. The van der Waals surface area contributed by atoms with Crippen LogP contribution >= 0.6 is 0 Å². The maximum atomic E-state index is 12.8. The summed E-state index contributed by atoms with van der Waals surface area (Å²) in [4.78, 5) is 14.6. The minimum atomic E-state index is -0.771. The van der Waals surface area contributed by atoms with Crippen LogP contribution in [0.15, 0.2) is 12.1 Å². The maximum Gasteiger partial charge on any atom is 0.338 e. The molecule has 1 heterocycles. The van der Waals surface area contributed by atoms with E-state index in [-0.39, 0.29) is 18.1 Å². The van der Waals surface area contributed by atoms with Gasteiger partial charge in [-0.1, -0.05) is 0 Å². The van der Waals surface area contributed by atoms with Gasteiger partial charge in [-0.2, -0.15) is 9.37 Å². The molecule has 0 spiro atoms. The van der Waals surface area contributed by atoms with Crippen LogP contribution in [-0.4, -0.2) is 24.7 Å². The Morgan fingerprint density at radius 1 is 1.57 bits per heavy atom. The largest absolute Gasteiger partial charge is 0.481 e. The highest BCUT2D eigenvalue weighted by atomic mass is 19.1. The normalized spacial score (nSPS) is 9.64. The van der Waals surface area contributed by atoms with Crippen molar-refractivity contribution >= 4 is 5.97 Å². The maximum absolute atomic E-state index is 12.8. The van der Waals surface area contributed by atoms with Gasteiger partial charge in [0.1, 0.15) is 0 Å². The van der Waals surface area contributed by atoms with E-state index in [2.05, 4.69) is 4.98 Å². The molecule has 0 saturated carbocycles. The fourth-order valence-corrected chi connectivity index (χ4v) is 0.910. The van der Waals surface area contributed by atoms with Crippen LogP contribution in [0, 0.1) is 5.95 Å². The fourth-order valence-electron chi connectivity index (χ4n) is 0.910. The van der Waals surface area contributed by atoms with Gasteiger partial charge in [-0.3, -0.25) is 0 Å². The molecule has 0 atom stereocenters. The van der Waals surface area contributed by atoms with Crippen LogP contribution in [0.1, 0.15) is 17.3 Å². The van der Waals surface area contributed by atoms with E-state index in [1.807, 2.05) is 0 Å². The first-order chi connectivity index (χ1) is 6.67. The molecule has 0 unspecified atom stereocenters. The minimum absolute atomic E-state index is 0.0491. The lowest BCUT2D eigenvalue weighted by atomic mass is 10.2. The quantitative estimate of drug-likeness (QED) is 0.545. The molecule has 0 radical (unpaired) electrons. The van der Waals surface area contributed by atoms with Crippen molar-refractivity contribution in [1.29, 1.82) is 0 Å². The molecule has 0 aliphatic carbocycles. The number of methoxy groups -OCH3 is 1. The average molecular weight is 199 g/mol. The molecule has 0 amide bonds. The van der Waals surface area contributed by atoms with Gasteiger partial charge in [-0.15, -0.1) is 0 Å². The molecule has 4 nitrogen and oxygen atoms in total. The van der Waals surface area contributed by atoms with E-state index in [4.69, 9.17) is 9.47 Å². The molecule has 0 aliphatic heterocycles. The van der Waals surface area contributed by atoms with Gasteiger partial charge in [0.25, 0.3) is 0 Å². The van der Waals surface area contributed by atoms with E-state index in [0.29, 0.717) is 0 Å². The molecule has 0 aliphatic rings. The van der Waals surface area contributed by atoms with Crippen molar-refractivity contribution in [3.8, 4) is 5.88 Å². The molecule has 0 fully saturated rings. The second kappa shape index (κ2) is 4.55. The minimum Gasteiger partial charge on any atom is -0.481 e. The number of pyridine rings is 1. The third-order valence-corrected chi connectivity index (χ3v) is 1.49. The zero-order chi connectivity index (χ0) is 10.6. The van der Waals surface area contributed by atoms with Gasteiger partial charge < -0.3 is 9.47 Å². The Balaban J connectivity index is 2.96. The number of hydrogen-bond donors (Lipinski definition) is 0. The summed E-state index contributed by atoms with van der Waals surface area (Å²) in [6, 6.07) is 2.32. The highest BCUT2D eigenvalue weighted by molar-refractivity contribution is 5.89. The number of rotatable bonds is 3. The SMILES string of the molecule is CCOC(=O)c1cc(F)nc(OC)c1. The number of hydrogen-bond acceptors (Lipinski definition) is 4. The van der Waals surface area contributed by atoms with Crippen molar-refractivity contribution in [2.75, 3.05) is 13.7 Å². The lowest BCUT2D eigenvalue weighted by Crippen LogP contribution is -2.06. The number of carbonyl (C=O) groups excluding carboxylic acids is 1. The topological polar surface area (TPSA) is 48.4 Å². The van der Waals surface area contributed by atoms with E-state index in [1.54, 1.807) is 6.92 Å². The molecule has 5 heteroatoms.